The van der Waals surface area contributed by atoms with Crippen molar-refractivity contribution in [3.63, 3.8) is 0 Å². The summed E-state index contributed by atoms with van der Waals surface area (Å²) in [6.07, 6.45) is 0. The van der Waals surface area contributed by atoms with E-state index in [2.05, 4.69) is 5.32 Å². The van der Waals surface area contributed by atoms with Gasteiger partial charge in [0.25, 0.3) is 11.6 Å². The van der Waals surface area contributed by atoms with E-state index in [1.54, 1.807) is 13.8 Å². The van der Waals surface area contributed by atoms with Gasteiger partial charge >= 0.3 is 0 Å². The number of hydrogen-bond donors (Lipinski definition) is 3. The maximum absolute atomic E-state index is 12.0. The molecule has 8 heteroatoms. The molecule has 0 saturated carbocycles. The van der Waals surface area contributed by atoms with E-state index in [-0.39, 0.29) is 22.9 Å². The number of nitrogens with zero attached hydrogens (tertiary/aromatic N) is 1. The van der Waals surface area contributed by atoms with Gasteiger partial charge in [-0.25, -0.2) is 0 Å². The van der Waals surface area contributed by atoms with Crippen molar-refractivity contribution in [1.82, 2.24) is 5.32 Å². The summed E-state index contributed by atoms with van der Waals surface area (Å²) in [6, 6.07) is 2.77. The fourth-order valence-corrected chi connectivity index (χ4v) is 1.65. The highest BCUT2D eigenvalue weighted by Crippen LogP contribution is 2.22. The smallest absolute Gasteiger partial charge is 0.292 e. The Bertz CT molecular complexity index is 556. The number of benzene rings is 1. The maximum Gasteiger partial charge on any atom is 0.292 e. The zero-order valence-corrected chi connectivity index (χ0v) is 11.1. The summed E-state index contributed by atoms with van der Waals surface area (Å²) >= 11 is 0. The molecule has 0 spiro atoms. The first-order valence-electron chi connectivity index (χ1n) is 5.88. The molecule has 0 heterocycles. The van der Waals surface area contributed by atoms with Crippen LogP contribution in [0.1, 0.15) is 24.2 Å². The first-order valence-corrected chi connectivity index (χ1v) is 5.88. The second-order valence-electron chi connectivity index (χ2n) is 4.63. The third-order valence-corrected chi connectivity index (χ3v) is 2.75. The summed E-state index contributed by atoms with van der Waals surface area (Å²) < 4.78 is 0. The maximum atomic E-state index is 12.0. The molecule has 0 saturated heterocycles. The number of nitro benzene ring substituents is 1. The fourth-order valence-electron chi connectivity index (χ4n) is 1.65. The highest BCUT2D eigenvalue weighted by atomic mass is 16.6. The van der Waals surface area contributed by atoms with Crippen LogP contribution in [0.3, 0.4) is 0 Å². The quantitative estimate of drug-likeness (QED) is 0.407. The molecule has 0 fully saturated rings. The third kappa shape index (κ3) is 3.44. The van der Waals surface area contributed by atoms with Crippen molar-refractivity contribution < 1.29 is 14.5 Å². The predicted octanol–water partition coefficient (Wildman–Crippen LogP) is 0.417. The summed E-state index contributed by atoms with van der Waals surface area (Å²) in [5.74, 6) is -1.39. The lowest BCUT2D eigenvalue weighted by Crippen LogP contribution is -2.47. The molecular formula is C12H16N4O4. The van der Waals surface area contributed by atoms with Crippen LogP contribution in [0, 0.1) is 16.0 Å². The van der Waals surface area contributed by atoms with E-state index < -0.39 is 22.8 Å². The van der Waals surface area contributed by atoms with Crippen molar-refractivity contribution in [2.24, 2.45) is 11.7 Å². The number of primary amides is 1. The fraction of sp³-hybridized carbons (Fsp3) is 0.333. The van der Waals surface area contributed by atoms with Crippen LogP contribution in [0.5, 0.6) is 0 Å². The molecule has 20 heavy (non-hydrogen) atoms. The highest BCUT2D eigenvalue weighted by Gasteiger charge is 2.23. The van der Waals surface area contributed by atoms with E-state index >= 15 is 0 Å². The highest BCUT2D eigenvalue weighted by molar-refractivity contribution is 5.98. The molecule has 5 N–H and O–H groups in total. The number of rotatable bonds is 5. The van der Waals surface area contributed by atoms with Crippen molar-refractivity contribution in [2.45, 2.75) is 19.9 Å². The lowest BCUT2D eigenvalue weighted by atomic mass is 10.0. The van der Waals surface area contributed by atoms with E-state index in [9.17, 15) is 19.7 Å². The summed E-state index contributed by atoms with van der Waals surface area (Å²) in [5, 5.41) is 13.1. The van der Waals surface area contributed by atoms with Crippen LogP contribution in [0.25, 0.3) is 0 Å². The molecule has 108 valence electrons. The molecule has 1 aromatic carbocycles. The molecule has 0 aliphatic rings. The first kappa shape index (κ1) is 15.4. The van der Waals surface area contributed by atoms with Gasteiger partial charge in [0, 0.05) is 11.6 Å². The number of nitrogens with one attached hydrogen (secondary N) is 1. The average Bonchev–Trinajstić information content (AvgIpc) is 2.34. The van der Waals surface area contributed by atoms with Crippen LogP contribution >= 0.6 is 0 Å². The van der Waals surface area contributed by atoms with Gasteiger partial charge in [0.1, 0.15) is 11.7 Å². The van der Waals surface area contributed by atoms with Gasteiger partial charge in [-0.2, -0.15) is 0 Å². The Morgan fingerprint density at radius 3 is 2.35 bits per heavy atom. The first-order chi connectivity index (χ1) is 9.23. The molecule has 1 rings (SSSR count). The van der Waals surface area contributed by atoms with Crippen LogP contribution in [0.15, 0.2) is 18.2 Å². The summed E-state index contributed by atoms with van der Waals surface area (Å²) in [6.45, 7) is 3.47. The number of nitrogens with two attached hydrogens (primary N) is 2. The van der Waals surface area contributed by atoms with Crippen LogP contribution in [-0.4, -0.2) is 22.8 Å². The number of nitro groups is 1. The second-order valence-corrected chi connectivity index (χ2v) is 4.63. The molecule has 1 aromatic rings. The number of hydrogen-bond acceptors (Lipinski definition) is 5. The van der Waals surface area contributed by atoms with Gasteiger partial charge in [-0.15, -0.1) is 0 Å². The molecule has 0 bridgehead atoms. The molecule has 0 aromatic heterocycles. The van der Waals surface area contributed by atoms with Gasteiger partial charge < -0.3 is 16.8 Å². The Hall–Kier alpha value is -2.64. The van der Waals surface area contributed by atoms with Crippen LogP contribution < -0.4 is 16.8 Å². The van der Waals surface area contributed by atoms with Gasteiger partial charge in [0.15, 0.2) is 0 Å². The number of carbonyl (C=O) groups excluding carboxylic acids is 2. The van der Waals surface area contributed by atoms with Gasteiger partial charge in [0.05, 0.1) is 4.92 Å². The Kier molecular flexibility index (Phi) is 4.63. The van der Waals surface area contributed by atoms with E-state index in [1.807, 2.05) is 0 Å². The Morgan fingerprint density at radius 1 is 1.35 bits per heavy atom. The second kappa shape index (κ2) is 6.00. The number of amides is 2. The third-order valence-electron chi connectivity index (χ3n) is 2.75. The lowest BCUT2D eigenvalue weighted by molar-refractivity contribution is -0.383. The normalized spacial score (nSPS) is 11.9. The zero-order chi connectivity index (χ0) is 15.4. The van der Waals surface area contributed by atoms with Crippen LogP contribution in [0.2, 0.25) is 0 Å². The topological polar surface area (TPSA) is 141 Å². The molecule has 1 unspecified atom stereocenters. The van der Waals surface area contributed by atoms with E-state index in [0.29, 0.717) is 0 Å². The predicted molar refractivity (Wildman–Crippen MR) is 72.8 cm³/mol. The van der Waals surface area contributed by atoms with E-state index in [1.165, 1.54) is 12.1 Å². The largest absolute Gasteiger partial charge is 0.393 e. The van der Waals surface area contributed by atoms with Crippen LogP contribution in [0.4, 0.5) is 11.4 Å². The SMILES string of the molecule is CC(C)C(NC(=O)c1ccc([N+](=O)[O-])c(N)c1)C(N)=O. The summed E-state index contributed by atoms with van der Waals surface area (Å²) in [4.78, 5) is 33.1. The minimum absolute atomic E-state index is 0.122. The van der Waals surface area contributed by atoms with Crippen molar-refractivity contribution >= 4 is 23.2 Å². The summed E-state index contributed by atoms with van der Waals surface area (Å²) in [7, 11) is 0. The number of carbonyl (C=O) groups is 2. The molecular weight excluding hydrogens is 264 g/mol. The number of anilines is 1. The monoisotopic (exact) mass is 280 g/mol. The van der Waals surface area contributed by atoms with E-state index in [4.69, 9.17) is 11.5 Å². The Morgan fingerprint density at radius 2 is 1.95 bits per heavy atom. The number of nitrogen functional groups attached to an aromatic ring is 1. The van der Waals surface area contributed by atoms with Crippen molar-refractivity contribution in [3.8, 4) is 0 Å². The van der Waals surface area contributed by atoms with E-state index in [0.717, 1.165) is 6.07 Å². The standard InChI is InChI=1S/C12H16N4O4/c1-6(2)10(11(14)17)15-12(18)7-3-4-9(16(19)20)8(13)5-7/h3-6,10H,13H2,1-2H3,(H2,14,17)(H,15,18). The van der Waals surface area contributed by atoms with Gasteiger partial charge in [0.2, 0.25) is 5.91 Å². The molecule has 8 nitrogen and oxygen atoms in total. The van der Waals surface area contributed by atoms with Crippen molar-refractivity contribution in [1.29, 1.82) is 0 Å². The minimum Gasteiger partial charge on any atom is -0.393 e. The van der Waals surface area contributed by atoms with Gasteiger partial charge in [-0.05, 0) is 18.1 Å². The molecule has 0 radical (unpaired) electrons. The minimum atomic E-state index is -0.820. The zero-order valence-electron chi connectivity index (χ0n) is 11.1. The lowest BCUT2D eigenvalue weighted by Gasteiger charge is -2.18. The Balaban J connectivity index is 2.96. The molecule has 1 atom stereocenters. The molecule has 0 aliphatic heterocycles. The summed E-state index contributed by atoms with van der Waals surface area (Å²) in [5.41, 5.74) is 10.4. The van der Waals surface area contributed by atoms with Gasteiger partial charge in [-0.1, -0.05) is 13.8 Å². The molecule has 2 amide bonds. The molecule has 0 aliphatic carbocycles. The van der Waals surface area contributed by atoms with Gasteiger partial charge in [-0.3, -0.25) is 19.7 Å². The Labute approximate surface area is 115 Å². The van der Waals surface area contributed by atoms with Crippen LogP contribution in [-0.2, 0) is 4.79 Å². The average molecular weight is 280 g/mol. The van der Waals surface area contributed by atoms with Crippen molar-refractivity contribution in [2.75, 3.05) is 5.73 Å². The van der Waals surface area contributed by atoms with Crippen molar-refractivity contribution in [3.05, 3.63) is 33.9 Å².